The Morgan fingerprint density at radius 2 is 1.39 bits per heavy atom. The number of imide groups is 1. The SMILES string of the molecule is CC[C@H](C)[C@H](C(=O)O)N1C(=O)c2c(Br)c(Br)c(Br)c(Br)c2C1=O. The van der Waals surface area contributed by atoms with E-state index in [-0.39, 0.29) is 17.0 Å². The van der Waals surface area contributed by atoms with Gasteiger partial charge in [0, 0.05) is 17.9 Å². The number of hydrogen-bond donors (Lipinski definition) is 1. The molecule has 1 N–H and O–H groups in total. The molecule has 0 saturated heterocycles. The van der Waals surface area contributed by atoms with E-state index in [9.17, 15) is 19.5 Å². The van der Waals surface area contributed by atoms with Crippen LogP contribution in [0.25, 0.3) is 0 Å². The normalized spacial score (nSPS) is 16.5. The quantitative estimate of drug-likeness (QED) is 0.317. The van der Waals surface area contributed by atoms with Gasteiger partial charge in [0.25, 0.3) is 11.8 Å². The van der Waals surface area contributed by atoms with Crippen molar-refractivity contribution in [1.29, 1.82) is 0 Å². The van der Waals surface area contributed by atoms with Crippen LogP contribution < -0.4 is 0 Å². The lowest BCUT2D eigenvalue weighted by Gasteiger charge is -2.27. The number of nitrogens with zero attached hydrogens (tertiary/aromatic N) is 1. The second-order valence-corrected chi connectivity index (χ2v) is 8.33. The molecule has 1 aliphatic heterocycles. The molecule has 1 aromatic carbocycles. The van der Waals surface area contributed by atoms with Gasteiger partial charge >= 0.3 is 5.97 Å². The van der Waals surface area contributed by atoms with Gasteiger partial charge in [-0.25, -0.2) is 4.79 Å². The van der Waals surface area contributed by atoms with Gasteiger partial charge < -0.3 is 5.11 Å². The van der Waals surface area contributed by atoms with Gasteiger partial charge in [-0.1, -0.05) is 20.3 Å². The molecule has 0 aliphatic carbocycles. The van der Waals surface area contributed by atoms with Crippen molar-refractivity contribution in [2.75, 3.05) is 0 Å². The van der Waals surface area contributed by atoms with E-state index in [0.29, 0.717) is 24.3 Å². The number of amides is 2. The predicted octanol–water partition coefficient (Wildman–Crippen LogP) is 4.83. The van der Waals surface area contributed by atoms with Gasteiger partial charge in [0.15, 0.2) is 0 Å². The number of fused-ring (bicyclic) bond motifs is 1. The van der Waals surface area contributed by atoms with Gasteiger partial charge in [0.05, 0.1) is 11.1 Å². The summed E-state index contributed by atoms with van der Waals surface area (Å²) in [5.41, 5.74) is 0.318. The molecular weight excluding hydrogens is 566 g/mol. The first kappa shape index (κ1) is 19.1. The van der Waals surface area contributed by atoms with Crippen molar-refractivity contribution in [3.8, 4) is 0 Å². The highest BCUT2D eigenvalue weighted by molar-refractivity contribution is 9.15. The standard InChI is InChI=1S/C14H11Br4NO4/c1-3-4(2)11(14(22)23)19-12(20)5-6(13(19)21)8(16)10(18)9(17)7(5)15/h4,11H,3H2,1-2H3,(H,22,23)/t4-,11+/m0/s1. The molecule has 9 heteroatoms. The van der Waals surface area contributed by atoms with Crippen LogP contribution in [-0.2, 0) is 4.79 Å². The summed E-state index contributed by atoms with van der Waals surface area (Å²) >= 11 is 13.3. The van der Waals surface area contributed by atoms with Gasteiger partial charge in [-0.3, -0.25) is 14.5 Å². The van der Waals surface area contributed by atoms with E-state index in [1.54, 1.807) is 6.92 Å². The lowest BCUT2D eigenvalue weighted by molar-refractivity contribution is -0.143. The first-order valence-corrected chi connectivity index (χ1v) is 9.78. The lowest BCUT2D eigenvalue weighted by Crippen LogP contribution is -2.48. The third-order valence-corrected chi connectivity index (χ3v) is 8.61. The number of carboxylic acid groups (broad SMARTS) is 1. The van der Waals surface area contributed by atoms with E-state index in [2.05, 4.69) is 63.7 Å². The molecule has 0 fully saturated rings. The van der Waals surface area contributed by atoms with Crippen LogP contribution in [0.5, 0.6) is 0 Å². The second kappa shape index (κ2) is 6.93. The molecular formula is C14H11Br4NO4. The van der Waals surface area contributed by atoms with Crippen LogP contribution in [0, 0.1) is 5.92 Å². The molecule has 124 valence electrons. The first-order valence-electron chi connectivity index (χ1n) is 6.61. The van der Waals surface area contributed by atoms with E-state index in [4.69, 9.17) is 0 Å². The Labute approximate surface area is 166 Å². The molecule has 2 amide bonds. The van der Waals surface area contributed by atoms with E-state index in [1.165, 1.54) is 0 Å². The van der Waals surface area contributed by atoms with Crippen LogP contribution in [0.15, 0.2) is 17.9 Å². The summed E-state index contributed by atoms with van der Waals surface area (Å²) in [5.74, 6) is -2.78. The van der Waals surface area contributed by atoms with Gasteiger partial charge in [0.2, 0.25) is 0 Å². The Bertz CT molecular complexity index is 687. The van der Waals surface area contributed by atoms with E-state index < -0.39 is 23.8 Å². The van der Waals surface area contributed by atoms with Crippen LogP contribution >= 0.6 is 63.7 Å². The average Bonchev–Trinajstić information content (AvgIpc) is 2.75. The van der Waals surface area contributed by atoms with Gasteiger partial charge in [0.1, 0.15) is 6.04 Å². The third-order valence-electron chi connectivity index (χ3n) is 3.85. The molecule has 0 radical (unpaired) electrons. The summed E-state index contributed by atoms with van der Waals surface area (Å²) in [4.78, 5) is 38.0. The second-order valence-electron chi connectivity index (χ2n) is 5.15. The molecule has 2 atom stereocenters. The van der Waals surface area contributed by atoms with Crippen LogP contribution in [-0.4, -0.2) is 33.8 Å². The highest BCUT2D eigenvalue weighted by Gasteiger charge is 2.47. The Balaban J connectivity index is 2.69. The van der Waals surface area contributed by atoms with Crippen LogP contribution in [0.3, 0.4) is 0 Å². The molecule has 23 heavy (non-hydrogen) atoms. The van der Waals surface area contributed by atoms with Crippen molar-refractivity contribution in [2.45, 2.75) is 26.3 Å². The van der Waals surface area contributed by atoms with E-state index in [1.807, 2.05) is 6.92 Å². The Morgan fingerprint density at radius 3 is 1.70 bits per heavy atom. The van der Waals surface area contributed by atoms with E-state index >= 15 is 0 Å². The number of aliphatic carboxylic acids is 1. The minimum absolute atomic E-state index is 0.159. The molecule has 0 unspecified atom stereocenters. The summed E-state index contributed by atoms with van der Waals surface area (Å²) in [6.45, 7) is 3.52. The maximum atomic E-state index is 12.8. The van der Waals surface area contributed by atoms with Gasteiger partial charge in [-0.05, 0) is 69.6 Å². The molecule has 0 saturated carbocycles. The molecule has 1 aliphatic rings. The summed E-state index contributed by atoms with van der Waals surface area (Å²) < 4.78 is 1.97. The Hall–Kier alpha value is -0.250. The van der Waals surface area contributed by atoms with Crippen LogP contribution in [0.1, 0.15) is 41.0 Å². The lowest BCUT2D eigenvalue weighted by atomic mass is 9.98. The van der Waals surface area contributed by atoms with Crippen molar-refractivity contribution >= 4 is 81.5 Å². The number of carboxylic acids is 1. The van der Waals surface area contributed by atoms with Gasteiger partial charge in [-0.2, -0.15) is 0 Å². The number of hydrogen-bond acceptors (Lipinski definition) is 3. The highest BCUT2D eigenvalue weighted by atomic mass is 79.9. The van der Waals surface area contributed by atoms with Crippen molar-refractivity contribution < 1.29 is 19.5 Å². The minimum atomic E-state index is -1.20. The number of benzene rings is 1. The first-order chi connectivity index (χ1) is 10.6. The number of rotatable bonds is 4. The summed E-state index contributed by atoms with van der Waals surface area (Å²) in [6, 6.07) is -1.20. The zero-order chi connectivity index (χ0) is 17.6. The average molecular weight is 577 g/mol. The van der Waals surface area contributed by atoms with Crippen LogP contribution in [0.4, 0.5) is 0 Å². The maximum Gasteiger partial charge on any atom is 0.327 e. The monoisotopic (exact) mass is 573 g/mol. The summed E-state index contributed by atoms with van der Waals surface area (Å²) in [5, 5.41) is 9.51. The maximum absolute atomic E-state index is 12.8. The number of carbonyl (C=O) groups is 3. The Kier molecular flexibility index (Phi) is 5.75. The fourth-order valence-corrected chi connectivity index (χ4v) is 4.91. The molecule has 0 aromatic heterocycles. The van der Waals surface area contributed by atoms with Crippen molar-refractivity contribution in [3.05, 3.63) is 29.0 Å². The number of carbonyl (C=O) groups excluding carboxylic acids is 2. The van der Waals surface area contributed by atoms with Gasteiger partial charge in [-0.15, -0.1) is 0 Å². The van der Waals surface area contributed by atoms with Crippen molar-refractivity contribution in [1.82, 2.24) is 4.90 Å². The smallest absolute Gasteiger partial charge is 0.327 e. The summed E-state index contributed by atoms with van der Waals surface area (Å²) in [6.07, 6.45) is 0.528. The number of halogens is 4. The largest absolute Gasteiger partial charge is 0.480 e. The molecule has 0 spiro atoms. The van der Waals surface area contributed by atoms with Crippen molar-refractivity contribution in [3.63, 3.8) is 0 Å². The molecule has 1 aromatic rings. The third kappa shape index (κ3) is 2.94. The fraction of sp³-hybridized carbons (Fsp3) is 0.357. The van der Waals surface area contributed by atoms with Crippen LogP contribution in [0.2, 0.25) is 0 Å². The molecule has 0 bridgehead atoms. The predicted molar refractivity (Wildman–Crippen MR) is 98.6 cm³/mol. The highest BCUT2D eigenvalue weighted by Crippen LogP contribution is 2.46. The molecule has 1 heterocycles. The van der Waals surface area contributed by atoms with E-state index in [0.717, 1.165) is 4.90 Å². The van der Waals surface area contributed by atoms with Crippen molar-refractivity contribution in [2.24, 2.45) is 5.92 Å². The molecule has 5 nitrogen and oxygen atoms in total. The topological polar surface area (TPSA) is 74.7 Å². The zero-order valence-corrected chi connectivity index (χ0v) is 18.3. The minimum Gasteiger partial charge on any atom is -0.480 e. The summed E-state index contributed by atoms with van der Waals surface area (Å²) in [7, 11) is 0. The molecule has 2 rings (SSSR count). The zero-order valence-electron chi connectivity index (χ0n) is 12.0. The fourth-order valence-electron chi connectivity index (χ4n) is 2.45. The Morgan fingerprint density at radius 1 is 1.00 bits per heavy atom.